The lowest BCUT2D eigenvalue weighted by Gasteiger charge is -2.36. The summed E-state index contributed by atoms with van der Waals surface area (Å²) < 4.78 is 2.11. The van der Waals surface area contributed by atoms with Gasteiger partial charge in [0, 0.05) is 59.7 Å². The average Bonchev–Trinajstić information content (AvgIpc) is 3.45. The molecule has 42 heavy (non-hydrogen) atoms. The van der Waals surface area contributed by atoms with Gasteiger partial charge in [-0.1, -0.05) is 64.1 Å². The third-order valence-electron chi connectivity index (χ3n) is 8.92. The van der Waals surface area contributed by atoms with Gasteiger partial charge in [-0.05, 0) is 72.6 Å². The zero-order chi connectivity index (χ0) is 29.5. The fourth-order valence-electron chi connectivity index (χ4n) is 7.21. The fraction of sp³-hybridized carbons (Fsp3) is 0.389. The lowest BCUT2D eigenvalue weighted by Crippen LogP contribution is -2.47. The quantitative estimate of drug-likeness (QED) is 0.258. The van der Waals surface area contributed by atoms with Crippen LogP contribution in [-0.4, -0.2) is 40.4 Å². The predicted octanol–water partition coefficient (Wildman–Crippen LogP) is 7.26. The van der Waals surface area contributed by atoms with Gasteiger partial charge in [-0.3, -0.25) is 9.59 Å². The van der Waals surface area contributed by atoms with Crippen LogP contribution in [0, 0.1) is 17.8 Å². The van der Waals surface area contributed by atoms with Crippen LogP contribution in [0.2, 0.25) is 0 Å². The number of nitrogens with one attached hydrogen (secondary N) is 1. The number of carbonyl (C=O) groups is 2. The zero-order valence-electron chi connectivity index (χ0n) is 25.4. The van der Waals surface area contributed by atoms with Crippen LogP contribution in [0.1, 0.15) is 68.1 Å². The number of aromatic nitrogens is 1. The second-order valence-corrected chi connectivity index (χ2v) is 12.9. The minimum atomic E-state index is -0.627. The van der Waals surface area contributed by atoms with Gasteiger partial charge in [-0.15, -0.1) is 0 Å². The van der Waals surface area contributed by atoms with Gasteiger partial charge in [0.05, 0.1) is 6.04 Å². The average molecular weight is 563 g/mol. The van der Waals surface area contributed by atoms with Crippen molar-refractivity contribution in [1.82, 2.24) is 9.47 Å². The fourth-order valence-corrected chi connectivity index (χ4v) is 7.21. The van der Waals surface area contributed by atoms with E-state index in [4.69, 9.17) is 0 Å². The molecule has 4 atom stereocenters. The second-order valence-electron chi connectivity index (χ2n) is 12.9. The molecule has 0 bridgehead atoms. The van der Waals surface area contributed by atoms with Crippen molar-refractivity contribution in [3.63, 3.8) is 0 Å². The summed E-state index contributed by atoms with van der Waals surface area (Å²) in [5.41, 5.74) is 5.71. The molecule has 0 saturated carbocycles. The van der Waals surface area contributed by atoms with Gasteiger partial charge in [0.1, 0.15) is 6.04 Å². The number of rotatable bonds is 7. The minimum Gasteiger partial charge on any atom is -0.371 e. The standard InChI is InChI=1S/C36H42N4O2/c1-23(2)18-33(35(41)37-26-14-16-27(17-15-26)39-20-24(3)19-25(4)21-39)40-34(29-11-6-7-12-30(29)36(40)42)31-22-38(5)32-13-9-8-10-28(31)32/h6-17,22-25,33-34H,18-21H2,1-5H3,(H,37,41). The van der Waals surface area contributed by atoms with E-state index in [2.05, 4.69) is 72.9 Å². The van der Waals surface area contributed by atoms with Crippen LogP contribution in [0.5, 0.6) is 0 Å². The molecular formula is C36H42N4O2. The van der Waals surface area contributed by atoms with Crippen molar-refractivity contribution in [2.24, 2.45) is 24.8 Å². The van der Waals surface area contributed by atoms with Gasteiger partial charge in [0.25, 0.3) is 5.91 Å². The Balaban J connectivity index is 1.33. The van der Waals surface area contributed by atoms with Gasteiger partial charge < -0.3 is 19.7 Å². The molecule has 0 aliphatic carbocycles. The molecule has 218 valence electrons. The third-order valence-corrected chi connectivity index (χ3v) is 8.92. The van der Waals surface area contributed by atoms with Crippen molar-refractivity contribution in [1.29, 1.82) is 0 Å². The zero-order valence-corrected chi connectivity index (χ0v) is 25.4. The van der Waals surface area contributed by atoms with Crippen LogP contribution in [0.25, 0.3) is 10.9 Å². The van der Waals surface area contributed by atoms with E-state index in [1.54, 1.807) is 0 Å². The third kappa shape index (κ3) is 5.19. The SMILES string of the molecule is CC(C)CC(C(=O)Nc1ccc(N2CC(C)CC(C)C2)cc1)N1C(=O)c2ccccc2C1c1cn(C)c2ccccc12. The first-order chi connectivity index (χ1) is 20.2. The van der Waals surface area contributed by atoms with E-state index in [0.717, 1.165) is 40.8 Å². The number of anilines is 2. The number of hydrogen-bond donors (Lipinski definition) is 1. The van der Waals surface area contributed by atoms with Crippen LogP contribution in [0.15, 0.2) is 79.0 Å². The molecule has 6 heteroatoms. The molecular weight excluding hydrogens is 520 g/mol. The molecule has 2 aliphatic rings. The molecule has 4 unspecified atom stereocenters. The van der Waals surface area contributed by atoms with E-state index in [1.165, 1.54) is 12.1 Å². The van der Waals surface area contributed by atoms with Gasteiger partial charge in [-0.25, -0.2) is 0 Å². The first-order valence-corrected chi connectivity index (χ1v) is 15.3. The molecule has 2 aliphatic heterocycles. The molecule has 0 spiro atoms. The predicted molar refractivity (Wildman–Crippen MR) is 171 cm³/mol. The molecule has 3 heterocycles. The molecule has 6 nitrogen and oxygen atoms in total. The highest BCUT2D eigenvalue weighted by Crippen LogP contribution is 2.43. The highest BCUT2D eigenvalue weighted by atomic mass is 16.2. The van der Waals surface area contributed by atoms with Crippen molar-refractivity contribution in [2.75, 3.05) is 23.3 Å². The van der Waals surface area contributed by atoms with Crippen LogP contribution >= 0.6 is 0 Å². The maximum atomic E-state index is 14.1. The van der Waals surface area contributed by atoms with E-state index in [0.29, 0.717) is 23.8 Å². The highest BCUT2D eigenvalue weighted by Gasteiger charge is 2.45. The molecule has 4 aromatic rings. The van der Waals surface area contributed by atoms with E-state index in [-0.39, 0.29) is 23.8 Å². The normalized spacial score (nSPS) is 21.2. The number of nitrogens with zero attached hydrogens (tertiary/aromatic N) is 3. The number of benzene rings is 3. The van der Waals surface area contributed by atoms with Crippen LogP contribution in [0.3, 0.4) is 0 Å². The monoisotopic (exact) mass is 562 g/mol. The van der Waals surface area contributed by atoms with Gasteiger partial charge in [0.15, 0.2) is 0 Å². The van der Waals surface area contributed by atoms with E-state index in [1.807, 2.05) is 60.5 Å². The van der Waals surface area contributed by atoms with Gasteiger partial charge >= 0.3 is 0 Å². The first-order valence-electron chi connectivity index (χ1n) is 15.3. The summed E-state index contributed by atoms with van der Waals surface area (Å²) in [5, 5.41) is 4.27. The Hall–Kier alpha value is -4.06. The summed E-state index contributed by atoms with van der Waals surface area (Å²) in [5.74, 6) is 1.32. The van der Waals surface area contributed by atoms with Gasteiger partial charge in [0.2, 0.25) is 5.91 Å². The summed E-state index contributed by atoms with van der Waals surface area (Å²) in [7, 11) is 2.03. The number of para-hydroxylation sites is 1. The molecule has 1 N–H and O–H groups in total. The van der Waals surface area contributed by atoms with E-state index < -0.39 is 6.04 Å². The maximum absolute atomic E-state index is 14.1. The summed E-state index contributed by atoms with van der Waals surface area (Å²) in [6.45, 7) is 11.0. The topological polar surface area (TPSA) is 57.6 Å². The largest absolute Gasteiger partial charge is 0.371 e. The van der Waals surface area contributed by atoms with Crippen LogP contribution in [0.4, 0.5) is 11.4 Å². The minimum absolute atomic E-state index is 0.0898. The second kappa shape index (κ2) is 11.3. The summed E-state index contributed by atoms with van der Waals surface area (Å²) in [6.07, 6.45) is 3.94. The van der Waals surface area contributed by atoms with Crippen LogP contribution < -0.4 is 10.2 Å². The molecule has 3 aromatic carbocycles. The lowest BCUT2D eigenvalue weighted by atomic mass is 9.91. The molecule has 1 saturated heterocycles. The summed E-state index contributed by atoms with van der Waals surface area (Å²) in [6, 6.07) is 23.3. The Morgan fingerprint density at radius 3 is 2.29 bits per heavy atom. The van der Waals surface area contributed by atoms with Gasteiger partial charge in [-0.2, -0.15) is 0 Å². The Bertz CT molecular complexity index is 1590. The molecule has 1 aromatic heterocycles. The first kappa shape index (κ1) is 28.1. The molecule has 6 rings (SSSR count). The number of piperidine rings is 1. The number of carbonyl (C=O) groups excluding carboxylic acids is 2. The Labute approximate surface area is 249 Å². The smallest absolute Gasteiger partial charge is 0.255 e. The summed E-state index contributed by atoms with van der Waals surface area (Å²) in [4.78, 5) is 32.5. The summed E-state index contributed by atoms with van der Waals surface area (Å²) >= 11 is 0. The van der Waals surface area contributed by atoms with Crippen molar-refractivity contribution < 1.29 is 9.59 Å². The Morgan fingerprint density at radius 1 is 0.905 bits per heavy atom. The molecule has 1 fully saturated rings. The van der Waals surface area contributed by atoms with E-state index >= 15 is 0 Å². The highest BCUT2D eigenvalue weighted by molar-refractivity contribution is 6.05. The number of aryl methyl sites for hydroxylation is 1. The Morgan fingerprint density at radius 2 is 1.57 bits per heavy atom. The van der Waals surface area contributed by atoms with Crippen molar-refractivity contribution in [3.8, 4) is 0 Å². The van der Waals surface area contributed by atoms with Crippen molar-refractivity contribution >= 4 is 34.1 Å². The molecule has 2 amide bonds. The molecule has 0 radical (unpaired) electrons. The van der Waals surface area contributed by atoms with Crippen molar-refractivity contribution in [2.45, 2.75) is 52.6 Å². The van der Waals surface area contributed by atoms with Crippen LogP contribution in [-0.2, 0) is 11.8 Å². The lowest BCUT2D eigenvalue weighted by molar-refractivity contribution is -0.121. The number of fused-ring (bicyclic) bond motifs is 2. The van der Waals surface area contributed by atoms with Crippen molar-refractivity contribution in [3.05, 3.63) is 95.7 Å². The Kier molecular flexibility index (Phi) is 7.56. The van der Waals surface area contributed by atoms with E-state index in [9.17, 15) is 9.59 Å². The number of hydrogen-bond acceptors (Lipinski definition) is 3. The maximum Gasteiger partial charge on any atom is 0.255 e. The number of amides is 2.